The van der Waals surface area contributed by atoms with E-state index in [-0.39, 0.29) is 11.8 Å². The molecule has 1 aromatic rings. The lowest BCUT2D eigenvalue weighted by atomic mass is 9.92. The van der Waals surface area contributed by atoms with E-state index in [1.165, 1.54) is 4.88 Å². The fourth-order valence-electron chi connectivity index (χ4n) is 2.81. The van der Waals surface area contributed by atoms with E-state index in [0.717, 1.165) is 36.6 Å². The molecule has 2 atom stereocenters. The molecule has 124 valence electrons. The lowest BCUT2D eigenvalue weighted by Crippen LogP contribution is -2.46. The number of likely N-dealkylation sites (tertiary alicyclic amines) is 1. The Bertz CT molecular complexity index is 484. The molecule has 0 bridgehead atoms. The number of methoxy groups -OCH3 is 1. The zero-order valence-corrected chi connectivity index (χ0v) is 14.8. The molecular formula is C16H27N3O2S. The van der Waals surface area contributed by atoms with Crippen LogP contribution in [0.4, 0.5) is 0 Å². The summed E-state index contributed by atoms with van der Waals surface area (Å²) in [6.07, 6.45) is 2.03. The number of hydrogen-bond acceptors (Lipinski definition) is 5. The molecule has 0 radical (unpaired) electrons. The van der Waals surface area contributed by atoms with E-state index in [9.17, 15) is 4.79 Å². The highest BCUT2D eigenvalue weighted by Gasteiger charge is 2.30. The van der Waals surface area contributed by atoms with Gasteiger partial charge in [-0.1, -0.05) is 0 Å². The summed E-state index contributed by atoms with van der Waals surface area (Å²) in [6.45, 7) is 9.23. The van der Waals surface area contributed by atoms with Crippen LogP contribution in [-0.2, 0) is 16.1 Å². The smallest absolute Gasteiger partial charge is 0.224 e. The maximum Gasteiger partial charge on any atom is 0.224 e. The van der Waals surface area contributed by atoms with Gasteiger partial charge in [0.05, 0.1) is 24.8 Å². The van der Waals surface area contributed by atoms with Crippen molar-refractivity contribution in [2.24, 2.45) is 5.92 Å². The zero-order valence-electron chi connectivity index (χ0n) is 14.0. The van der Waals surface area contributed by atoms with E-state index >= 15 is 0 Å². The molecule has 0 saturated carbocycles. The second kappa shape index (κ2) is 8.04. The molecule has 2 rings (SSSR count). The second-order valence-electron chi connectivity index (χ2n) is 6.09. The van der Waals surface area contributed by atoms with Gasteiger partial charge in [0.2, 0.25) is 5.91 Å². The summed E-state index contributed by atoms with van der Waals surface area (Å²) in [5.41, 5.74) is 1.12. The number of thiazole rings is 1. The minimum Gasteiger partial charge on any atom is -0.383 e. The van der Waals surface area contributed by atoms with Crippen LogP contribution in [0.3, 0.4) is 0 Å². The topological polar surface area (TPSA) is 54.5 Å². The first-order valence-corrected chi connectivity index (χ1v) is 8.76. The van der Waals surface area contributed by atoms with Gasteiger partial charge in [0.1, 0.15) is 5.01 Å². The first kappa shape index (κ1) is 17.4. The molecule has 0 aromatic carbocycles. The van der Waals surface area contributed by atoms with E-state index in [1.54, 1.807) is 18.4 Å². The largest absolute Gasteiger partial charge is 0.383 e. The monoisotopic (exact) mass is 325 g/mol. The SMILES string of the molecule is COCCNC(=O)[C@@H]1CC[C@H](C)N(Cc2nc(C)c(C)s2)C1. The summed E-state index contributed by atoms with van der Waals surface area (Å²) in [5.74, 6) is 0.232. The van der Waals surface area contributed by atoms with Crippen molar-refractivity contribution >= 4 is 17.2 Å². The molecule has 2 heterocycles. The Morgan fingerprint density at radius 3 is 2.86 bits per heavy atom. The molecule has 5 nitrogen and oxygen atoms in total. The lowest BCUT2D eigenvalue weighted by molar-refractivity contribution is -0.127. The van der Waals surface area contributed by atoms with Crippen LogP contribution in [0.25, 0.3) is 0 Å². The van der Waals surface area contributed by atoms with E-state index in [1.807, 2.05) is 0 Å². The van der Waals surface area contributed by atoms with Gasteiger partial charge in [-0.2, -0.15) is 0 Å². The van der Waals surface area contributed by atoms with Crippen LogP contribution in [0.1, 0.15) is 35.3 Å². The molecule has 1 aliphatic rings. The van der Waals surface area contributed by atoms with Crippen molar-refractivity contribution in [1.82, 2.24) is 15.2 Å². The van der Waals surface area contributed by atoms with Crippen LogP contribution >= 0.6 is 11.3 Å². The summed E-state index contributed by atoms with van der Waals surface area (Å²) in [7, 11) is 1.65. The van der Waals surface area contributed by atoms with E-state index in [0.29, 0.717) is 19.2 Å². The third-order valence-electron chi connectivity index (χ3n) is 4.40. The number of hydrogen-bond donors (Lipinski definition) is 1. The van der Waals surface area contributed by atoms with Gasteiger partial charge >= 0.3 is 0 Å². The van der Waals surface area contributed by atoms with Crippen molar-refractivity contribution in [3.8, 4) is 0 Å². The Labute approximate surface area is 137 Å². The summed E-state index contributed by atoms with van der Waals surface area (Å²) in [6, 6.07) is 0.507. The number of piperidine rings is 1. The molecule has 1 amide bonds. The van der Waals surface area contributed by atoms with Crippen molar-refractivity contribution in [2.75, 3.05) is 26.8 Å². The summed E-state index contributed by atoms with van der Waals surface area (Å²) < 4.78 is 4.98. The minimum absolute atomic E-state index is 0.0789. The normalized spacial score (nSPS) is 22.7. The number of rotatable bonds is 6. The summed E-state index contributed by atoms with van der Waals surface area (Å²) in [4.78, 5) is 20.5. The Hall–Kier alpha value is -0.980. The van der Waals surface area contributed by atoms with Gasteiger partial charge in [-0.25, -0.2) is 4.98 Å². The van der Waals surface area contributed by atoms with Crippen molar-refractivity contribution in [1.29, 1.82) is 0 Å². The fourth-order valence-corrected chi connectivity index (χ4v) is 3.77. The molecule has 1 fully saturated rings. The van der Waals surface area contributed by atoms with E-state index in [2.05, 4.69) is 36.0 Å². The van der Waals surface area contributed by atoms with Crippen LogP contribution in [0.15, 0.2) is 0 Å². The number of amides is 1. The third-order valence-corrected chi connectivity index (χ3v) is 5.46. The third kappa shape index (κ3) is 4.51. The van der Waals surface area contributed by atoms with Gasteiger partial charge in [0.25, 0.3) is 0 Å². The van der Waals surface area contributed by atoms with Gasteiger partial charge in [0, 0.05) is 31.1 Å². The first-order valence-electron chi connectivity index (χ1n) is 7.95. The fraction of sp³-hybridized carbons (Fsp3) is 0.750. The number of ether oxygens (including phenoxy) is 1. The van der Waals surface area contributed by atoms with Crippen molar-refractivity contribution in [3.63, 3.8) is 0 Å². The van der Waals surface area contributed by atoms with E-state index < -0.39 is 0 Å². The zero-order chi connectivity index (χ0) is 16.1. The molecule has 1 N–H and O–H groups in total. The maximum atomic E-state index is 12.2. The second-order valence-corrected chi connectivity index (χ2v) is 7.37. The summed E-state index contributed by atoms with van der Waals surface area (Å²) in [5, 5.41) is 4.12. The number of nitrogens with one attached hydrogen (secondary N) is 1. The number of carbonyl (C=O) groups excluding carboxylic acids is 1. The molecule has 0 unspecified atom stereocenters. The molecular weight excluding hydrogens is 298 g/mol. The minimum atomic E-state index is 0.0789. The van der Waals surface area contributed by atoms with Gasteiger partial charge in [-0.3, -0.25) is 9.69 Å². The molecule has 1 aliphatic heterocycles. The number of aromatic nitrogens is 1. The maximum absolute atomic E-state index is 12.2. The highest BCUT2D eigenvalue weighted by atomic mass is 32.1. The molecule has 22 heavy (non-hydrogen) atoms. The standard InChI is InChI=1S/C16H27N3O2S/c1-11-5-6-14(16(20)17-7-8-21-4)9-19(11)10-15-18-12(2)13(3)22-15/h11,14H,5-10H2,1-4H3,(H,17,20)/t11-,14+/m0/s1. The summed E-state index contributed by atoms with van der Waals surface area (Å²) >= 11 is 1.77. The average Bonchev–Trinajstić information content (AvgIpc) is 2.80. The predicted octanol–water partition coefficient (Wildman–Crippen LogP) is 2.12. The number of carbonyl (C=O) groups is 1. The van der Waals surface area contributed by atoms with E-state index in [4.69, 9.17) is 4.74 Å². The van der Waals surface area contributed by atoms with Crippen LogP contribution in [0, 0.1) is 19.8 Å². The van der Waals surface area contributed by atoms with Gasteiger partial charge in [-0.15, -0.1) is 11.3 Å². The van der Waals surface area contributed by atoms with Gasteiger partial charge in [0.15, 0.2) is 0 Å². The van der Waals surface area contributed by atoms with Crippen LogP contribution in [0.5, 0.6) is 0 Å². The van der Waals surface area contributed by atoms with Gasteiger partial charge in [-0.05, 0) is 33.6 Å². The Morgan fingerprint density at radius 2 is 2.23 bits per heavy atom. The highest BCUT2D eigenvalue weighted by molar-refractivity contribution is 7.11. The Morgan fingerprint density at radius 1 is 1.45 bits per heavy atom. The highest BCUT2D eigenvalue weighted by Crippen LogP contribution is 2.26. The number of aryl methyl sites for hydroxylation is 2. The van der Waals surface area contributed by atoms with Crippen molar-refractivity contribution in [2.45, 2.75) is 46.2 Å². The first-order chi connectivity index (χ1) is 10.5. The predicted molar refractivity (Wildman–Crippen MR) is 89.1 cm³/mol. The molecule has 0 aliphatic carbocycles. The Kier molecular flexibility index (Phi) is 6.35. The van der Waals surface area contributed by atoms with Crippen molar-refractivity contribution in [3.05, 3.63) is 15.6 Å². The molecule has 1 aromatic heterocycles. The number of nitrogens with zero attached hydrogens (tertiary/aromatic N) is 2. The van der Waals surface area contributed by atoms with Crippen LogP contribution in [0.2, 0.25) is 0 Å². The van der Waals surface area contributed by atoms with Crippen molar-refractivity contribution < 1.29 is 9.53 Å². The molecule has 0 spiro atoms. The molecule has 6 heteroatoms. The van der Waals surface area contributed by atoms with Crippen LogP contribution < -0.4 is 5.32 Å². The lowest BCUT2D eigenvalue weighted by Gasteiger charge is -2.36. The average molecular weight is 325 g/mol. The van der Waals surface area contributed by atoms with Crippen LogP contribution in [-0.4, -0.2) is 48.6 Å². The Balaban J connectivity index is 1.91. The van der Waals surface area contributed by atoms with Gasteiger partial charge < -0.3 is 10.1 Å². The molecule has 1 saturated heterocycles. The quantitative estimate of drug-likeness (QED) is 0.814.